The van der Waals surface area contributed by atoms with Gasteiger partial charge in [-0.15, -0.1) is 0 Å². The molecular formula is C23H30N2O4. The van der Waals surface area contributed by atoms with E-state index in [0.717, 1.165) is 50.6 Å². The van der Waals surface area contributed by atoms with Crippen LogP contribution in [0.4, 0.5) is 0 Å². The van der Waals surface area contributed by atoms with Gasteiger partial charge in [-0.3, -0.25) is 4.79 Å². The van der Waals surface area contributed by atoms with Crippen molar-refractivity contribution in [2.75, 3.05) is 7.11 Å². The maximum atomic E-state index is 12.2. The van der Waals surface area contributed by atoms with Gasteiger partial charge in [0.25, 0.3) is 0 Å². The van der Waals surface area contributed by atoms with Crippen LogP contribution in [0.1, 0.15) is 73.5 Å². The molecule has 1 heterocycles. The van der Waals surface area contributed by atoms with Crippen molar-refractivity contribution in [1.29, 1.82) is 0 Å². The largest absolute Gasteiger partial charge is 0.476 e. The van der Waals surface area contributed by atoms with Crippen LogP contribution in [-0.2, 0) is 22.5 Å². The summed E-state index contributed by atoms with van der Waals surface area (Å²) in [5.74, 6) is -0.403. The van der Waals surface area contributed by atoms with Gasteiger partial charge >= 0.3 is 11.9 Å². The van der Waals surface area contributed by atoms with Gasteiger partial charge in [-0.2, -0.15) is 0 Å². The predicted molar refractivity (Wildman–Crippen MR) is 111 cm³/mol. The number of hydrogen-bond acceptors (Lipinski definition) is 4. The van der Waals surface area contributed by atoms with E-state index in [-0.39, 0.29) is 23.5 Å². The molecule has 2 aromatic rings. The summed E-state index contributed by atoms with van der Waals surface area (Å²) in [5, 5.41) is 9.37. The maximum Gasteiger partial charge on any atom is 0.356 e. The predicted octanol–water partition coefficient (Wildman–Crippen LogP) is 4.67. The molecule has 1 aliphatic rings. The van der Waals surface area contributed by atoms with Crippen molar-refractivity contribution in [2.45, 2.75) is 64.8 Å². The van der Waals surface area contributed by atoms with E-state index in [0.29, 0.717) is 5.82 Å². The summed E-state index contributed by atoms with van der Waals surface area (Å²) in [6.07, 6.45) is 7.41. The second-order valence-electron chi connectivity index (χ2n) is 7.75. The van der Waals surface area contributed by atoms with Crippen LogP contribution >= 0.6 is 0 Å². The maximum absolute atomic E-state index is 12.2. The number of carboxylic acids is 1. The van der Waals surface area contributed by atoms with Crippen molar-refractivity contribution >= 4 is 11.9 Å². The zero-order valence-electron chi connectivity index (χ0n) is 17.5. The van der Waals surface area contributed by atoms with E-state index in [4.69, 9.17) is 4.74 Å². The number of imidazole rings is 1. The topological polar surface area (TPSA) is 81.4 Å². The number of carbonyl (C=O) groups excluding carboxylic acids is 1. The third-order valence-corrected chi connectivity index (χ3v) is 5.95. The minimum absolute atomic E-state index is 0.0756. The fourth-order valence-electron chi connectivity index (χ4n) is 4.43. The number of hydrogen-bond donors (Lipinski definition) is 1. The second-order valence-corrected chi connectivity index (χ2v) is 7.75. The first-order chi connectivity index (χ1) is 14.0. The highest BCUT2D eigenvalue weighted by molar-refractivity contribution is 5.86. The molecule has 1 N–H and O–H groups in total. The summed E-state index contributed by atoms with van der Waals surface area (Å²) in [6, 6.07) is 6.20. The number of unbranched alkanes of at least 4 members (excludes halogenated alkanes) is 2. The molecule has 1 aromatic carbocycles. The Morgan fingerprint density at radius 1 is 1.31 bits per heavy atom. The van der Waals surface area contributed by atoms with Crippen molar-refractivity contribution in [2.24, 2.45) is 5.92 Å². The molecule has 0 saturated carbocycles. The Morgan fingerprint density at radius 2 is 2.10 bits per heavy atom. The highest BCUT2D eigenvalue weighted by atomic mass is 16.5. The van der Waals surface area contributed by atoms with Gasteiger partial charge in [-0.1, -0.05) is 38.8 Å². The molecule has 1 aliphatic carbocycles. The van der Waals surface area contributed by atoms with Gasteiger partial charge in [0.2, 0.25) is 0 Å². The van der Waals surface area contributed by atoms with Gasteiger partial charge in [0.1, 0.15) is 5.82 Å². The Kier molecular flexibility index (Phi) is 6.72. The van der Waals surface area contributed by atoms with Gasteiger partial charge in [-0.05, 0) is 48.8 Å². The third kappa shape index (κ3) is 4.36. The molecule has 0 radical (unpaired) electrons. The molecule has 0 amide bonds. The minimum atomic E-state index is -1.01. The summed E-state index contributed by atoms with van der Waals surface area (Å²) >= 11 is 0. The molecular weight excluding hydrogens is 368 g/mol. The van der Waals surface area contributed by atoms with Crippen LogP contribution in [0.5, 0.6) is 0 Å². The van der Waals surface area contributed by atoms with E-state index in [1.165, 1.54) is 18.2 Å². The van der Waals surface area contributed by atoms with Crippen molar-refractivity contribution in [1.82, 2.24) is 9.55 Å². The number of carboxylic acid groups (broad SMARTS) is 1. The van der Waals surface area contributed by atoms with E-state index < -0.39 is 5.97 Å². The van der Waals surface area contributed by atoms with Gasteiger partial charge in [0, 0.05) is 18.3 Å². The number of rotatable bonds is 9. The molecule has 6 nitrogen and oxygen atoms in total. The second kappa shape index (κ2) is 9.25. The number of benzene rings is 1. The van der Waals surface area contributed by atoms with Gasteiger partial charge < -0.3 is 14.4 Å². The molecule has 29 heavy (non-hydrogen) atoms. The lowest BCUT2D eigenvalue weighted by molar-refractivity contribution is -0.146. The number of aromatic carboxylic acids is 1. The van der Waals surface area contributed by atoms with E-state index in [1.54, 1.807) is 6.20 Å². The van der Waals surface area contributed by atoms with Crippen LogP contribution in [0.3, 0.4) is 0 Å². The monoisotopic (exact) mass is 398 g/mol. The van der Waals surface area contributed by atoms with Gasteiger partial charge in [0.15, 0.2) is 5.69 Å². The molecule has 1 aromatic heterocycles. The number of methoxy groups -OCH3 is 1. The number of esters is 1. The first kappa shape index (κ1) is 21.1. The summed E-state index contributed by atoms with van der Waals surface area (Å²) in [4.78, 5) is 28.0. The van der Waals surface area contributed by atoms with Crippen molar-refractivity contribution in [3.63, 3.8) is 0 Å². The van der Waals surface area contributed by atoms with Gasteiger partial charge in [-0.25, -0.2) is 9.78 Å². The Hall–Kier alpha value is -2.63. The normalized spacial score (nSPS) is 16.4. The minimum Gasteiger partial charge on any atom is -0.476 e. The smallest absolute Gasteiger partial charge is 0.356 e. The van der Waals surface area contributed by atoms with Crippen LogP contribution < -0.4 is 0 Å². The molecule has 2 atom stereocenters. The first-order valence-corrected chi connectivity index (χ1v) is 10.5. The van der Waals surface area contributed by atoms with Crippen LogP contribution in [0, 0.1) is 5.92 Å². The zero-order valence-corrected chi connectivity index (χ0v) is 17.5. The number of aromatic nitrogens is 2. The first-order valence-electron chi connectivity index (χ1n) is 10.5. The lowest BCUT2D eigenvalue weighted by Gasteiger charge is -2.21. The average molecular weight is 399 g/mol. The molecule has 156 valence electrons. The number of nitrogens with zero attached hydrogens (tertiary/aromatic N) is 2. The molecule has 6 heteroatoms. The summed E-state index contributed by atoms with van der Waals surface area (Å²) < 4.78 is 6.96. The lowest BCUT2D eigenvalue weighted by Crippen LogP contribution is -2.21. The summed E-state index contributed by atoms with van der Waals surface area (Å²) in [5.41, 5.74) is 3.43. The SMILES string of the molecule is CCCCCn1cc(C(=O)O)nc1-c1ccc2c(c1)CCC2C(CC)C(=O)OC. The fourth-order valence-corrected chi connectivity index (χ4v) is 4.43. The highest BCUT2D eigenvalue weighted by Gasteiger charge is 2.34. The zero-order chi connectivity index (χ0) is 21.0. The molecule has 0 bridgehead atoms. The Labute approximate surface area is 171 Å². The Morgan fingerprint density at radius 3 is 2.76 bits per heavy atom. The molecule has 0 spiro atoms. The number of ether oxygens (including phenoxy) is 1. The molecule has 0 fully saturated rings. The van der Waals surface area contributed by atoms with Crippen LogP contribution in [0.15, 0.2) is 24.4 Å². The van der Waals surface area contributed by atoms with E-state index in [9.17, 15) is 14.7 Å². The molecule has 0 aliphatic heterocycles. The van der Waals surface area contributed by atoms with Crippen molar-refractivity contribution in [3.05, 3.63) is 41.2 Å². The number of aryl methyl sites for hydroxylation is 2. The Balaban J connectivity index is 1.92. The number of fused-ring (bicyclic) bond motifs is 1. The van der Waals surface area contributed by atoms with E-state index in [2.05, 4.69) is 24.0 Å². The van der Waals surface area contributed by atoms with Crippen LogP contribution in [0.25, 0.3) is 11.4 Å². The van der Waals surface area contributed by atoms with Crippen molar-refractivity contribution < 1.29 is 19.4 Å². The summed E-state index contributed by atoms with van der Waals surface area (Å²) in [7, 11) is 1.45. The quantitative estimate of drug-likeness (QED) is 0.490. The number of carbonyl (C=O) groups is 2. The van der Waals surface area contributed by atoms with E-state index in [1.807, 2.05) is 17.6 Å². The molecule has 0 saturated heterocycles. The summed E-state index contributed by atoms with van der Waals surface area (Å²) in [6.45, 7) is 4.92. The highest BCUT2D eigenvalue weighted by Crippen LogP contribution is 2.41. The van der Waals surface area contributed by atoms with Crippen LogP contribution in [-0.4, -0.2) is 33.7 Å². The van der Waals surface area contributed by atoms with E-state index >= 15 is 0 Å². The lowest BCUT2D eigenvalue weighted by atomic mass is 9.85. The molecule has 3 rings (SSSR count). The Bertz CT molecular complexity index is 887. The standard InChI is InChI=1S/C23H30N2O4/c1-4-6-7-12-25-14-20(22(26)27)24-21(25)16-9-10-18-15(13-16)8-11-19(18)17(5-2)23(28)29-3/h9-10,13-14,17,19H,4-8,11-12H2,1-3H3,(H,26,27). The third-order valence-electron chi connectivity index (χ3n) is 5.95. The van der Waals surface area contributed by atoms with Crippen LogP contribution in [0.2, 0.25) is 0 Å². The van der Waals surface area contributed by atoms with Gasteiger partial charge in [0.05, 0.1) is 13.0 Å². The fraction of sp³-hybridized carbons (Fsp3) is 0.522. The molecule has 2 unspecified atom stereocenters. The van der Waals surface area contributed by atoms with Crippen molar-refractivity contribution in [3.8, 4) is 11.4 Å². The average Bonchev–Trinajstić information content (AvgIpc) is 3.33.